The van der Waals surface area contributed by atoms with E-state index < -0.39 is 0 Å². The van der Waals surface area contributed by atoms with E-state index in [1.54, 1.807) is 7.11 Å². The van der Waals surface area contributed by atoms with Gasteiger partial charge < -0.3 is 14.6 Å². The molecular formula is C15H26N4O2. The van der Waals surface area contributed by atoms with Crippen LogP contribution in [0.5, 0.6) is 0 Å². The predicted octanol–water partition coefficient (Wildman–Crippen LogP) is 1.02. The molecule has 6 nitrogen and oxygen atoms in total. The van der Waals surface area contributed by atoms with Gasteiger partial charge in [-0.1, -0.05) is 0 Å². The Bertz CT molecular complexity index is 458. The maximum absolute atomic E-state index is 11.3. The minimum Gasteiger partial charge on any atom is -0.383 e. The summed E-state index contributed by atoms with van der Waals surface area (Å²) in [7, 11) is 1.71. The van der Waals surface area contributed by atoms with Crippen molar-refractivity contribution < 1.29 is 9.53 Å². The first-order chi connectivity index (χ1) is 10.1. The van der Waals surface area contributed by atoms with Gasteiger partial charge in [0.05, 0.1) is 13.2 Å². The number of aromatic nitrogens is 2. The summed E-state index contributed by atoms with van der Waals surface area (Å²) in [6, 6.07) is 0.678. The molecule has 0 aliphatic carbocycles. The number of amides is 1. The SMILES string of the molecule is COCCn1ccnc1CN(CC1CCC(=O)N1)C(C)C. The van der Waals surface area contributed by atoms with E-state index in [0.29, 0.717) is 19.1 Å². The van der Waals surface area contributed by atoms with Crippen LogP contribution in [0.2, 0.25) is 0 Å². The van der Waals surface area contributed by atoms with Crippen molar-refractivity contribution in [1.82, 2.24) is 19.8 Å². The Morgan fingerprint density at radius 2 is 2.38 bits per heavy atom. The molecule has 1 amide bonds. The van der Waals surface area contributed by atoms with Crippen molar-refractivity contribution in [3.8, 4) is 0 Å². The standard InChI is InChI=1S/C15H26N4O2/c1-12(2)19(10-13-4-5-15(20)17-13)11-14-16-6-7-18(14)8-9-21-3/h6-7,12-13H,4-5,8-11H2,1-3H3,(H,17,20). The molecule has 1 N–H and O–H groups in total. The zero-order chi connectivity index (χ0) is 15.2. The van der Waals surface area contributed by atoms with E-state index >= 15 is 0 Å². The smallest absolute Gasteiger partial charge is 0.220 e. The van der Waals surface area contributed by atoms with Crippen LogP contribution in [-0.4, -0.2) is 52.7 Å². The second-order valence-corrected chi connectivity index (χ2v) is 5.86. The van der Waals surface area contributed by atoms with E-state index in [-0.39, 0.29) is 11.9 Å². The minimum atomic E-state index is 0.172. The number of methoxy groups -OCH3 is 1. The molecule has 1 aromatic heterocycles. The Kier molecular flexibility index (Phi) is 5.76. The Morgan fingerprint density at radius 1 is 1.57 bits per heavy atom. The fourth-order valence-electron chi connectivity index (χ4n) is 2.62. The van der Waals surface area contributed by atoms with Crippen molar-refractivity contribution >= 4 is 5.91 Å². The highest BCUT2D eigenvalue weighted by molar-refractivity contribution is 5.78. The molecule has 0 radical (unpaired) electrons. The summed E-state index contributed by atoms with van der Waals surface area (Å²) in [6.45, 7) is 7.53. The highest BCUT2D eigenvalue weighted by Gasteiger charge is 2.24. The number of nitrogens with one attached hydrogen (secondary N) is 1. The van der Waals surface area contributed by atoms with Crippen LogP contribution >= 0.6 is 0 Å². The summed E-state index contributed by atoms with van der Waals surface area (Å²) in [5, 5.41) is 3.04. The van der Waals surface area contributed by atoms with Crippen LogP contribution in [0.25, 0.3) is 0 Å². The molecule has 1 unspecified atom stereocenters. The summed E-state index contributed by atoms with van der Waals surface area (Å²) in [5.74, 6) is 1.22. The molecule has 118 valence electrons. The number of nitrogens with zero attached hydrogens (tertiary/aromatic N) is 3. The predicted molar refractivity (Wildman–Crippen MR) is 80.8 cm³/mol. The van der Waals surface area contributed by atoms with Gasteiger partial charge in [0.1, 0.15) is 5.82 Å². The van der Waals surface area contributed by atoms with Crippen LogP contribution in [0, 0.1) is 0 Å². The van der Waals surface area contributed by atoms with Crippen molar-refractivity contribution in [3.63, 3.8) is 0 Å². The molecule has 0 spiro atoms. The largest absolute Gasteiger partial charge is 0.383 e. The van der Waals surface area contributed by atoms with Crippen molar-refractivity contribution in [2.45, 2.75) is 51.9 Å². The van der Waals surface area contributed by atoms with Crippen LogP contribution < -0.4 is 5.32 Å². The average Bonchev–Trinajstić information content (AvgIpc) is 3.05. The molecule has 1 aliphatic heterocycles. The molecule has 1 atom stereocenters. The molecule has 6 heteroatoms. The quantitative estimate of drug-likeness (QED) is 0.777. The van der Waals surface area contributed by atoms with Crippen LogP contribution in [0.4, 0.5) is 0 Å². The number of ether oxygens (including phenoxy) is 1. The first-order valence-electron chi connectivity index (χ1n) is 7.62. The number of carbonyl (C=O) groups excluding carboxylic acids is 1. The van der Waals surface area contributed by atoms with Crippen molar-refractivity contribution in [3.05, 3.63) is 18.2 Å². The third kappa shape index (κ3) is 4.54. The zero-order valence-electron chi connectivity index (χ0n) is 13.2. The van der Waals surface area contributed by atoms with E-state index in [9.17, 15) is 4.79 Å². The molecule has 0 aromatic carbocycles. The average molecular weight is 294 g/mol. The van der Waals surface area contributed by atoms with E-state index in [1.165, 1.54) is 0 Å². The van der Waals surface area contributed by atoms with Crippen LogP contribution in [0.1, 0.15) is 32.5 Å². The van der Waals surface area contributed by atoms with E-state index in [0.717, 1.165) is 31.9 Å². The van der Waals surface area contributed by atoms with Gasteiger partial charge in [-0.15, -0.1) is 0 Å². The van der Waals surface area contributed by atoms with Crippen molar-refractivity contribution in [2.75, 3.05) is 20.3 Å². The fraction of sp³-hybridized carbons (Fsp3) is 0.733. The Hall–Kier alpha value is -1.40. The van der Waals surface area contributed by atoms with Gasteiger partial charge in [-0.2, -0.15) is 0 Å². The summed E-state index contributed by atoms with van der Waals surface area (Å²) < 4.78 is 7.26. The lowest BCUT2D eigenvalue weighted by molar-refractivity contribution is -0.119. The second-order valence-electron chi connectivity index (χ2n) is 5.86. The Balaban J connectivity index is 1.96. The minimum absolute atomic E-state index is 0.172. The summed E-state index contributed by atoms with van der Waals surface area (Å²) in [6.07, 6.45) is 5.41. The molecule has 1 saturated heterocycles. The topological polar surface area (TPSA) is 59.4 Å². The maximum atomic E-state index is 11.3. The lowest BCUT2D eigenvalue weighted by Crippen LogP contribution is -2.42. The molecule has 1 aromatic rings. The normalized spacial score (nSPS) is 18.7. The van der Waals surface area contributed by atoms with Gasteiger partial charge in [-0.25, -0.2) is 4.98 Å². The van der Waals surface area contributed by atoms with E-state index in [2.05, 4.69) is 33.6 Å². The van der Waals surface area contributed by atoms with Gasteiger partial charge in [0.15, 0.2) is 0 Å². The monoisotopic (exact) mass is 294 g/mol. The van der Waals surface area contributed by atoms with Gasteiger partial charge in [-0.05, 0) is 20.3 Å². The number of rotatable bonds is 8. The summed E-state index contributed by atoms with van der Waals surface area (Å²) in [4.78, 5) is 18.2. The lowest BCUT2D eigenvalue weighted by Gasteiger charge is -2.29. The number of carbonyl (C=O) groups is 1. The van der Waals surface area contributed by atoms with Gasteiger partial charge in [0, 0.05) is 51.1 Å². The van der Waals surface area contributed by atoms with Gasteiger partial charge in [0.2, 0.25) is 5.91 Å². The van der Waals surface area contributed by atoms with Crippen LogP contribution in [0.3, 0.4) is 0 Å². The van der Waals surface area contributed by atoms with Crippen molar-refractivity contribution in [2.24, 2.45) is 0 Å². The highest BCUT2D eigenvalue weighted by atomic mass is 16.5. The van der Waals surface area contributed by atoms with E-state index in [1.807, 2.05) is 12.4 Å². The maximum Gasteiger partial charge on any atom is 0.220 e. The third-order valence-corrected chi connectivity index (χ3v) is 3.95. The molecule has 2 rings (SSSR count). The summed E-state index contributed by atoms with van der Waals surface area (Å²) >= 11 is 0. The molecule has 21 heavy (non-hydrogen) atoms. The number of hydrogen-bond donors (Lipinski definition) is 1. The number of imidazole rings is 1. The third-order valence-electron chi connectivity index (χ3n) is 3.95. The van der Waals surface area contributed by atoms with Crippen LogP contribution in [0.15, 0.2) is 12.4 Å². The molecule has 1 aliphatic rings. The molecule has 1 fully saturated rings. The number of hydrogen-bond acceptors (Lipinski definition) is 4. The van der Waals surface area contributed by atoms with Gasteiger partial charge in [-0.3, -0.25) is 9.69 Å². The van der Waals surface area contributed by atoms with Gasteiger partial charge >= 0.3 is 0 Å². The molecule has 0 bridgehead atoms. The Labute approximate surface area is 126 Å². The summed E-state index contributed by atoms with van der Waals surface area (Å²) in [5.41, 5.74) is 0. The first-order valence-corrected chi connectivity index (χ1v) is 7.62. The Morgan fingerprint density at radius 3 is 3.00 bits per heavy atom. The van der Waals surface area contributed by atoms with Crippen molar-refractivity contribution in [1.29, 1.82) is 0 Å². The molecule has 2 heterocycles. The zero-order valence-corrected chi connectivity index (χ0v) is 13.2. The molecule has 0 saturated carbocycles. The first kappa shape index (κ1) is 16.0. The fourth-order valence-corrected chi connectivity index (χ4v) is 2.62. The highest BCUT2D eigenvalue weighted by Crippen LogP contribution is 2.13. The van der Waals surface area contributed by atoms with Gasteiger partial charge in [0.25, 0.3) is 0 Å². The van der Waals surface area contributed by atoms with Crippen LogP contribution in [-0.2, 0) is 22.6 Å². The molecular weight excluding hydrogens is 268 g/mol. The second kappa shape index (κ2) is 7.56. The lowest BCUT2D eigenvalue weighted by atomic mass is 10.2. The van der Waals surface area contributed by atoms with E-state index in [4.69, 9.17) is 4.74 Å².